The number of hydrogen-bond acceptors (Lipinski definition) is 2. The minimum atomic E-state index is 0.524. The summed E-state index contributed by atoms with van der Waals surface area (Å²) in [5, 5.41) is 3.54. The lowest BCUT2D eigenvalue weighted by atomic mass is 10.1. The lowest BCUT2D eigenvalue weighted by Crippen LogP contribution is -2.35. The monoisotopic (exact) mass is 220 g/mol. The van der Waals surface area contributed by atoms with Crippen LogP contribution in [0.25, 0.3) is 0 Å². The molecule has 1 unspecified atom stereocenters. The van der Waals surface area contributed by atoms with E-state index in [1.807, 2.05) is 0 Å². The van der Waals surface area contributed by atoms with Crippen LogP contribution in [0.3, 0.4) is 0 Å². The fraction of sp³-hybridized carbons (Fsp3) is 0.571. The molecule has 0 fully saturated rings. The molecular formula is C14H24N2. The largest absolute Gasteiger partial charge is 0.309 e. The lowest BCUT2D eigenvalue weighted by molar-refractivity contribution is 0.349. The summed E-state index contributed by atoms with van der Waals surface area (Å²) in [5.74, 6) is 0. The van der Waals surface area contributed by atoms with Gasteiger partial charge in [0.05, 0.1) is 0 Å². The van der Waals surface area contributed by atoms with Gasteiger partial charge in [-0.2, -0.15) is 0 Å². The third kappa shape index (κ3) is 4.77. The van der Waals surface area contributed by atoms with Crippen LogP contribution in [0.5, 0.6) is 0 Å². The van der Waals surface area contributed by atoms with Crippen LogP contribution in [0.1, 0.15) is 23.6 Å². The maximum Gasteiger partial charge on any atom is 0.0208 e. The quantitative estimate of drug-likeness (QED) is 0.819. The fourth-order valence-corrected chi connectivity index (χ4v) is 2.08. The average Bonchev–Trinajstić information content (AvgIpc) is 2.12. The minimum absolute atomic E-state index is 0.524. The van der Waals surface area contributed by atoms with E-state index in [2.05, 4.69) is 63.3 Å². The number of aryl methyl sites for hydroxylation is 2. The summed E-state index contributed by atoms with van der Waals surface area (Å²) in [6.07, 6.45) is 0. The van der Waals surface area contributed by atoms with Gasteiger partial charge < -0.3 is 10.2 Å². The van der Waals surface area contributed by atoms with Crippen LogP contribution in [-0.2, 0) is 6.54 Å². The first-order chi connectivity index (χ1) is 7.47. The van der Waals surface area contributed by atoms with Crippen molar-refractivity contribution in [1.29, 1.82) is 0 Å². The van der Waals surface area contributed by atoms with E-state index in [0.717, 1.165) is 13.1 Å². The smallest absolute Gasteiger partial charge is 0.0208 e. The first kappa shape index (κ1) is 13.2. The highest BCUT2D eigenvalue weighted by atomic mass is 15.1. The van der Waals surface area contributed by atoms with Crippen molar-refractivity contribution in [3.8, 4) is 0 Å². The zero-order valence-electron chi connectivity index (χ0n) is 11.2. The Kier molecular flexibility index (Phi) is 4.97. The molecule has 1 N–H and O–H groups in total. The summed E-state index contributed by atoms with van der Waals surface area (Å²) in [4.78, 5) is 2.21. The first-order valence-electron chi connectivity index (χ1n) is 5.92. The molecule has 2 nitrogen and oxygen atoms in total. The molecule has 0 amide bonds. The third-order valence-corrected chi connectivity index (χ3v) is 2.58. The van der Waals surface area contributed by atoms with Gasteiger partial charge in [0.25, 0.3) is 0 Å². The van der Waals surface area contributed by atoms with Crippen LogP contribution in [-0.4, -0.2) is 31.6 Å². The Hall–Kier alpha value is -0.860. The van der Waals surface area contributed by atoms with Crippen molar-refractivity contribution in [3.63, 3.8) is 0 Å². The van der Waals surface area contributed by atoms with Crippen molar-refractivity contribution in [2.75, 3.05) is 20.6 Å². The number of nitrogens with zero attached hydrogens (tertiary/aromatic N) is 1. The van der Waals surface area contributed by atoms with Crippen molar-refractivity contribution in [1.82, 2.24) is 10.2 Å². The van der Waals surface area contributed by atoms with Crippen LogP contribution in [0.2, 0.25) is 0 Å². The summed E-state index contributed by atoms with van der Waals surface area (Å²) in [6, 6.07) is 7.24. The van der Waals surface area contributed by atoms with E-state index >= 15 is 0 Å². The number of likely N-dealkylation sites (N-methyl/N-ethyl adjacent to an activating group) is 1. The van der Waals surface area contributed by atoms with Gasteiger partial charge >= 0.3 is 0 Å². The van der Waals surface area contributed by atoms with E-state index in [-0.39, 0.29) is 0 Å². The topological polar surface area (TPSA) is 15.3 Å². The third-order valence-electron chi connectivity index (χ3n) is 2.58. The molecule has 0 aromatic heterocycles. The van der Waals surface area contributed by atoms with Gasteiger partial charge in [0.15, 0.2) is 0 Å². The van der Waals surface area contributed by atoms with E-state index < -0.39 is 0 Å². The molecule has 0 aliphatic carbocycles. The molecule has 0 bridgehead atoms. The zero-order chi connectivity index (χ0) is 12.1. The van der Waals surface area contributed by atoms with Gasteiger partial charge in [0.1, 0.15) is 0 Å². The van der Waals surface area contributed by atoms with Crippen molar-refractivity contribution >= 4 is 0 Å². The molecule has 1 aromatic rings. The molecule has 0 saturated carbocycles. The highest BCUT2D eigenvalue weighted by Crippen LogP contribution is 2.08. The van der Waals surface area contributed by atoms with Crippen LogP contribution in [0.4, 0.5) is 0 Å². The standard InChI is InChI=1S/C14H24N2/c1-11-6-12(2)8-14(7-11)9-15-13(3)10-16(4)5/h6-8,13,15H,9-10H2,1-5H3. The van der Waals surface area contributed by atoms with Crippen molar-refractivity contribution < 1.29 is 0 Å². The highest BCUT2D eigenvalue weighted by Gasteiger charge is 2.03. The summed E-state index contributed by atoms with van der Waals surface area (Å²) < 4.78 is 0. The van der Waals surface area contributed by atoms with Gasteiger partial charge in [0, 0.05) is 19.1 Å². The molecule has 1 aromatic carbocycles. The second kappa shape index (κ2) is 6.02. The molecule has 0 aliphatic heterocycles. The van der Waals surface area contributed by atoms with E-state index in [1.54, 1.807) is 0 Å². The molecule has 0 radical (unpaired) electrons. The number of hydrogen-bond donors (Lipinski definition) is 1. The molecule has 90 valence electrons. The summed E-state index contributed by atoms with van der Waals surface area (Å²) >= 11 is 0. The second-order valence-electron chi connectivity index (χ2n) is 5.04. The Balaban J connectivity index is 2.48. The van der Waals surface area contributed by atoms with Crippen LogP contribution in [0, 0.1) is 13.8 Å². The number of nitrogens with one attached hydrogen (secondary N) is 1. The lowest BCUT2D eigenvalue weighted by Gasteiger charge is -2.18. The SMILES string of the molecule is Cc1cc(C)cc(CNC(C)CN(C)C)c1. The predicted octanol–water partition coefficient (Wildman–Crippen LogP) is 2.34. The van der Waals surface area contributed by atoms with Gasteiger partial charge in [-0.25, -0.2) is 0 Å². The maximum absolute atomic E-state index is 3.54. The molecule has 1 rings (SSSR count). The van der Waals surface area contributed by atoms with Crippen LogP contribution < -0.4 is 5.32 Å². The minimum Gasteiger partial charge on any atom is -0.309 e. The Bertz CT molecular complexity index is 311. The Morgan fingerprint density at radius 2 is 1.69 bits per heavy atom. The maximum atomic E-state index is 3.54. The van der Waals surface area contributed by atoms with Gasteiger partial charge in [-0.1, -0.05) is 29.3 Å². The first-order valence-corrected chi connectivity index (χ1v) is 5.92. The number of benzene rings is 1. The molecule has 0 aliphatic rings. The van der Waals surface area contributed by atoms with Crippen LogP contribution >= 0.6 is 0 Å². The molecule has 2 heteroatoms. The summed E-state index contributed by atoms with van der Waals surface area (Å²) in [5.41, 5.74) is 4.07. The van der Waals surface area contributed by atoms with Gasteiger partial charge in [0.2, 0.25) is 0 Å². The molecule has 0 saturated heterocycles. The van der Waals surface area contributed by atoms with E-state index in [9.17, 15) is 0 Å². The van der Waals surface area contributed by atoms with E-state index in [0.29, 0.717) is 6.04 Å². The molecule has 1 atom stereocenters. The van der Waals surface area contributed by atoms with Crippen LogP contribution in [0.15, 0.2) is 18.2 Å². The zero-order valence-corrected chi connectivity index (χ0v) is 11.2. The number of rotatable bonds is 5. The van der Waals surface area contributed by atoms with Crippen molar-refractivity contribution in [2.45, 2.75) is 33.4 Å². The second-order valence-corrected chi connectivity index (χ2v) is 5.04. The molecule has 0 heterocycles. The molecular weight excluding hydrogens is 196 g/mol. The molecule has 16 heavy (non-hydrogen) atoms. The Labute approximate surface area is 99.7 Å². The highest BCUT2D eigenvalue weighted by molar-refractivity contribution is 5.28. The Morgan fingerprint density at radius 1 is 1.12 bits per heavy atom. The van der Waals surface area contributed by atoms with E-state index in [4.69, 9.17) is 0 Å². The summed E-state index contributed by atoms with van der Waals surface area (Å²) in [7, 11) is 4.21. The van der Waals surface area contributed by atoms with Crippen molar-refractivity contribution in [3.05, 3.63) is 34.9 Å². The fourth-order valence-electron chi connectivity index (χ4n) is 2.08. The van der Waals surface area contributed by atoms with Crippen molar-refractivity contribution in [2.24, 2.45) is 0 Å². The Morgan fingerprint density at radius 3 is 2.19 bits per heavy atom. The average molecular weight is 220 g/mol. The van der Waals surface area contributed by atoms with Gasteiger partial charge in [-0.05, 0) is 40.4 Å². The van der Waals surface area contributed by atoms with Gasteiger partial charge in [-0.15, -0.1) is 0 Å². The predicted molar refractivity (Wildman–Crippen MR) is 70.8 cm³/mol. The van der Waals surface area contributed by atoms with E-state index in [1.165, 1.54) is 16.7 Å². The normalized spacial score (nSPS) is 13.1. The van der Waals surface area contributed by atoms with Gasteiger partial charge in [-0.3, -0.25) is 0 Å². The molecule has 0 spiro atoms. The summed E-state index contributed by atoms with van der Waals surface area (Å²) in [6.45, 7) is 8.56.